The van der Waals surface area contributed by atoms with E-state index in [9.17, 15) is 19.5 Å². The van der Waals surface area contributed by atoms with E-state index in [4.69, 9.17) is 38.2 Å². The van der Waals surface area contributed by atoms with Gasteiger partial charge in [-0.15, -0.1) is 0 Å². The highest BCUT2D eigenvalue weighted by atomic mass is 35.5. The molecule has 0 bridgehead atoms. The van der Waals surface area contributed by atoms with Crippen LogP contribution in [0.25, 0.3) is 0 Å². The lowest BCUT2D eigenvalue weighted by atomic mass is 9.77. The number of halogens is 2. The maximum Gasteiger partial charge on any atom is 0.353 e. The van der Waals surface area contributed by atoms with Crippen molar-refractivity contribution in [1.29, 1.82) is 0 Å². The van der Waals surface area contributed by atoms with Crippen LogP contribution in [0.4, 0.5) is 5.13 Å². The third-order valence-corrected chi connectivity index (χ3v) is 13.2. The van der Waals surface area contributed by atoms with Crippen LogP contribution in [0.15, 0.2) is 198 Å². The third kappa shape index (κ3) is 7.61. The van der Waals surface area contributed by atoms with E-state index >= 15 is 0 Å². The van der Waals surface area contributed by atoms with Gasteiger partial charge in [0, 0.05) is 21.7 Å². The number of amides is 2. The number of aliphatic carboxylic acids is 1. The fraction of sp³-hybridized carbons (Fsp3) is 0.118. The number of benzene rings is 6. The normalized spacial score (nSPS) is 16.4. The molecule has 9 rings (SSSR count). The molecule has 0 spiro atoms. The van der Waals surface area contributed by atoms with Gasteiger partial charge in [0.25, 0.3) is 11.8 Å². The van der Waals surface area contributed by atoms with E-state index in [1.807, 2.05) is 182 Å². The molecule has 1 aromatic heterocycles. The summed E-state index contributed by atoms with van der Waals surface area (Å²) in [6, 6.07) is 56.8. The molecule has 2 aliphatic heterocycles. The van der Waals surface area contributed by atoms with Gasteiger partial charge in [-0.25, -0.2) is 9.78 Å². The number of nitrogens with zero attached hydrogens (tertiary/aromatic N) is 3. The van der Waals surface area contributed by atoms with Crippen molar-refractivity contribution in [2.24, 2.45) is 5.16 Å². The molecule has 7 aromatic rings. The Balaban J connectivity index is 1.19. The van der Waals surface area contributed by atoms with Crippen LogP contribution in [0.2, 0.25) is 4.34 Å². The number of carbonyl (C=O) groups is 3. The Morgan fingerprint density at radius 1 is 0.688 bits per heavy atom. The molecule has 0 aliphatic carbocycles. The standard InChI is InChI=1S/C51H39Cl2N5O5S/c52-39-31-32-40-41(47(60)58(40)44(39)48(61)62)54-46(59)43(57-63-51(36-25-13-4-14-26-36,37-27-15-5-16-28-37)38-29-17-6-18-30-38)42-45(53)64-49(55-42)56-50(33-19-7-1-8-20-33,34-21-9-2-10-22-34)35-23-11-3-12-24-35/h1-30,40-41H,31-32H2,(H,54,59)(H,55,56)(H,61,62). The quantitative estimate of drug-likeness (QED) is 0.0429. The number of rotatable bonds is 14. The van der Waals surface area contributed by atoms with Crippen LogP contribution in [-0.2, 0) is 30.4 Å². The number of anilines is 1. The van der Waals surface area contributed by atoms with Crippen molar-refractivity contribution in [2.75, 3.05) is 5.32 Å². The van der Waals surface area contributed by atoms with Gasteiger partial charge >= 0.3 is 5.97 Å². The largest absolute Gasteiger partial charge is 0.477 e. The topological polar surface area (TPSA) is 133 Å². The summed E-state index contributed by atoms with van der Waals surface area (Å²) in [6.45, 7) is 0. The average Bonchev–Trinajstić information content (AvgIpc) is 3.71. The molecule has 6 aromatic carbocycles. The van der Waals surface area contributed by atoms with Crippen LogP contribution < -0.4 is 10.6 Å². The summed E-state index contributed by atoms with van der Waals surface area (Å²) in [5.74, 6) is -2.75. The molecule has 318 valence electrons. The summed E-state index contributed by atoms with van der Waals surface area (Å²) in [5, 5.41) is 21.7. The number of nitrogens with one attached hydrogen (secondary N) is 2. The minimum atomic E-state index is -1.40. The number of aromatic nitrogens is 1. The molecule has 2 amide bonds. The fourth-order valence-corrected chi connectivity index (χ4v) is 10.0. The van der Waals surface area contributed by atoms with E-state index < -0.39 is 41.0 Å². The van der Waals surface area contributed by atoms with Crippen molar-refractivity contribution in [1.82, 2.24) is 15.2 Å². The Hall–Kier alpha value is -7.05. The van der Waals surface area contributed by atoms with Gasteiger partial charge in [0.05, 0.1) is 6.04 Å². The highest BCUT2D eigenvalue weighted by Crippen LogP contribution is 2.44. The lowest BCUT2D eigenvalue weighted by Crippen LogP contribution is -2.72. The second-order valence-corrected chi connectivity index (χ2v) is 17.3. The monoisotopic (exact) mass is 903 g/mol. The summed E-state index contributed by atoms with van der Waals surface area (Å²) < 4.78 is 0.120. The third-order valence-electron chi connectivity index (χ3n) is 11.6. The smallest absolute Gasteiger partial charge is 0.353 e. The summed E-state index contributed by atoms with van der Waals surface area (Å²) in [4.78, 5) is 53.8. The number of thiazole rings is 1. The maximum atomic E-state index is 14.9. The molecule has 3 heterocycles. The molecule has 2 atom stereocenters. The zero-order valence-corrected chi connectivity index (χ0v) is 36.3. The molecule has 64 heavy (non-hydrogen) atoms. The van der Waals surface area contributed by atoms with E-state index in [0.29, 0.717) is 11.6 Å². The van der Waals surface area contributed by atoms with Crippen LogP contribution in [0.3, 0.4) is 0 Å². The first-order valence-corrected chi connectivity index (χ1v) is 22.1. The Morgan fingerprint density at radius 2 is 1.11 bits per heavy atom. The minimum Gasteiger partial charge on any atom is -0.477 e. The summed E-state index contributed by atoms with van der Waals surface area (Å²) in [5.41, 5.74) is 1.94. The second kappa shape index (κ2) is 18.0. The van der Waals surface area contributed by atoms with Crippen molar-refractivity contribution < 1.29 is 24.3 Å². The van der Waals surface area contributed by atoms with E-state index in [2.05, 4.69) is 10.6 Å². The highest BCUT2D eigenvalue weighted by Gasteiger charge is 2.54. The molecular formula is C51H39Cl2N5O5S. The lowest BCUT2D eigenvalue weighted by Gasteiger charge is -2.49. The molecule has 13 heteroatoms. The molecule has 3 N–H and O–H groups in total. The van der Waals surface area contributed by atoms with E-state index in [1.54, 1.807) is 0 Å². The van der Waals surface area contributed by atoms with Gasteiger partial charge in [0.1, 0.15) is 27.3 Å². The molecule has 10 nitrogen and oxygen atoms in total. The van der Waals surface area contributed by atoms with Crippen LogP contribution in [0.1, 0.15) is 51.9 Å². The first-order chi connectivity index (χ1) is 31.2. The van der Waals surface area contributed by atoms with Crippen LogP contribution in [0, 0.1) is 0 Å². The Kier molecular flexibility index (Phi) is 11.9. The van der Waals surface area contributed by atoms with Gasteiger partial charge in [-0.1, -0.05) is 222 Å². The van der Waals surface area contributed by atoms with Gasteiger partial charge < -0.3 is 20.6 Å². The Morgan fingerprint density at radius 3 is 1.53 bits per heavy atom. The Bertz CT molecular complexity index is 2670. The number of carboxylic acids is 1. The zero-order valence-electron chi connectivity index (χ0n) is 34.0. The molecule has 0 radical (unpaired) electrons. The predicted octanol–water partition coefficient (Wildman–Crippen LogP) is 9.94. The number of hydrogen-bond donors (Lipinski definition) is 3. The number of oxime groups is 1. The SMILES string of the molecule is O=C(O)C1=C(Cl)CCC2C(NC(=O)C(=NOC(c3ccccc3)(c3ccccc3)c3ccccc3)c3nc(NC(c4ccccc4)(c4ccccc4)c4ccccc4)sc3Cl)C(=O)N12. The van der Waals surface area contributed by atoms with Gasteiger partial charge in [0.15, 0.2) is 10.8 Å². The first-order valence-electron chi connectivity index (χ1n) is 20.5. The van der Waals surface area contributed by atoms with E-state index in [0.717, 1.165) is 49.6 Å². The average molecular weight is 905 g/mol. The van der Waals surface area contributed by atoms with E-state index in [-0.39, 0.29) is 32.9 Å². The molecule has 2 unspecified atom stereocenters. The highest BCUT2D eigenvalue weighted by molar-refractivity contribution is 7.20. The van der Waals surface area contributed by atoms with Crippen LogP contribution in [0.5, 0.6) is 0 Å². The van der Waals surface area contributed by atoms with Gasteiger partial charge in [-0.2, -0.15) is 0 Å². The van der Waals surface area contributed by atoms with Crippen molar-refractivity contribution in [3.63, 3.8) is 0 Å². The summed E-state index contributed by atoms with van der Waals surface area (Å²) in [6.07, 6.45) is 0.557. The molecule has 1 fully saturated rings. The number of hydrogen-bond acceptors (Lipinski definition) is 8. The second-order valence-electron chi connectivity index (χ2n) is 15.2. The van der Waals surface area contributed by atoms with Crippen molar-refractivity contribution in [3.05, 3.63) is 236 Å². The van der Waals surface area contributed by atoms with Gasteiger partial charge in [-0.05, 0) is 29.5 Å². The maximum absolute atomic E-state index is 14.9. The molecule has 0 saturated carbocycles. The summed E-state index contributed by atoms with van der Waals surface area (Å²) in [7, 11) is 0. The number of carbonyl (C=O) groups excluding carboxylic acids is 2. The van der Waals surface area contributed by atoms with Crippen LogP contribution >= 0.6 is 34.5 Å². The fourth-order valence-electron chi connectivity index (χ4n) is 8.65. The number of fused-ring (bicyclic) bond motifs is 1. The van der Waals surface area contributed by atoms with E-state index in [1.165, 1.54) is 0 Å². The Labute approximate surface area is 383 Å². The number of allylic oxidation sites excluding steroid dienone is 1. The molecule has 2 aliphatic rings. The minimum absolute atomic E-state index is 0.000672. The van der Waals surface area contributed by atoms with Crippen molar-refractivity contribution in [2.45, 2.75) is 36.1 Å². The van der Waals surface area contributed by atoms with Gasteiger partial charge in [0.2, 0.25) is 5.60 Å². The zero-order chi connectivity index (χ0) is 44.3. The van der Waals surface area contributed by atoms with Crippen molar-refractivity contribution >= 4 is 63.2 Å². The summed E-state index contributed by atoms with van der Waals surface area (Å²) >= 11 is 14.6. The van der Waals surface area contributed by atoms with Crippen molar-refractivity contribution in [3.8, 4) is 0 Å². The molecule has 1 saturated heterocycles. The number of β-lactam (4-membered cyclic amide) rings is 1. The lowest BCUT2D eigenvalue weighted by molar-refractivity contribution is -0.155. The first kappa shape index (κ1) is 42.3. The predicted molar refractivity (Wildman–Crippen MR) is 249 cm³/mol. The van der Waals surface area contributed by atoms with Gasteiger partial charge in [-0.3, -0.25) is 14.5 Å². The number of carboxylic acid groups (broad SMARTS) is 1. The van der Waals surface area contributed by atoms with Crippen LogP contribution in [-0.4, -0.2) is 50.6 Å². The molecular weight excluding hydrogens is 866 g/mol.